The Balaban J connectivity index is 1.79. The molecule has 0 N–H and O–H groups in total. The van der Waals surface area contributed by atoms with Crippen LogP contribution in [0.2, 0.25) is 0 Å². The van der Waals surface area contributed by atoms with Crippen LogP contribution in [0.3, 0.4) is 0 Å². The average Bonchev–Trinajstić information content (AvgIpc) is 2.75. The van der Waals surface area contributed by atoms with Gasteiger partial charge >= 0.3 is 0 Å². The highest BCUT2D eigenvalue weighted by Crippen LogP contribution is 2.16. The average molecular weight is 389 g/mol. The van der Waals surface area contributed by atoms with Crippen molar-refractivity contribution >= 4 is 21.8 Å². The summed E-state index contributed by atoms with van der Waals surface area (Å²) in [5.74, 6) is 0.773. The van der Waals surface area contributed by atoms with Gasteiger partial charge in [0.25, 0.3) is 11.1 Å². The SMILES string of the molecule is CCCCn1ccc2nc3ccn(Cc4ccc(OC)cc4)c(=O)c3cc2c1=O. The fourth-order valence-electron chi connectivity index (χ4n) is 3.46. The molecule has 4 rings (SSSR count). The number of aromatic nitrogens is 3. The van der Waals surface area contributed by atoms with Gasteiger partial charge < -0.3 is 13.9 Å². The number of hydrogen-bond acceptors (Lipinski definition) is 4. The van der Waals surface area contributed by atoms with Crippen molar-refractivity contribution < 1.29 is 4.74 Å². The monoisotopic (exact) mass is 389 g/mol. The first-order chi connectivity index (χ1) is 14.1. The molecule has 4 aromatic rings. The van der Waals surface area contributed by atoms with Gasteiger partial charge in [0.1, 0.15) is 5.75 Å². The molecule has 0 saturated carbocycles. The third-order valence-corrected chi connectivity index (χ3v) is 5.15. The second-order valence-electron chi connectivity index (χ2n) is 7.12. The Morgan fingerprint density at radius 3 is 2.14 bits per heavy atom. The van der Waals surface area contributed by atoms with E-state index in [9.17, 15) is 9.59 Å². The summed E-state index contributed by atoms with van der Waals surface area (Å²) in [7, 11) is 1.62. The van der Waals surface area contributed by atoms with Gasteiger partial charge in [-0.3, -0.25) is 9.59 Å². The maximum atomic E-state index is 13.1. The van der Waals surface area contributed by atoms with E-state index in [1.165, 1.54) is 0 Å². The van der Waals surface area contributed by atoms with Crippen LogP contribution in [-0.4, -0.2) is 21.2 Å². The van der Waals surface area contributed by atoms with Gasteiger partial charge in [0.2, 0.25) is 0 Å². The Hall–Kier alpha value is -3.41. The molecular weight excluding hydrogens is 366 g/mol. The molecule has 6 heteroatoms. The van der Waals surface area contributed by atoms with Crippen LogP contribution in [0, 0.1) is 0 Å². The zero-order valence-corrected chi connectivity index (χ0v) is 16.6. The van der Waals surface area contributed by atoms with Crippen molar-refractivity contribution in [2.75, 3.05) is 7.11 Å². The molecule has 3 heterocycles. The first kappa shape index (κ1) is 18.9. The van der Waals surface area contributed by atoms with Crippen molar-refractivity contribution in [3.8, 4) is 5.75 Å². The molecule has 0 radical (unpaired) electrons. The summed E-state index contributed by atoms with van der Waals surface area (Å²) in [5, 5.41) is 0.939. The predicted molar refractivity (Wildman–Crippen MR) is 115 cm³/mol. The van der Waals surface area contributed by atoms with Crippen LogP contribution in [0.1, 0.15) is 25.3 Å². The molecule has 3 aromatic heterocycles. The van der Waals surface area contributed by atoms with Gasteiger partial charge in [0.05, 0.1) is 35.5 Å². The number of rotatable bonds is 6. The van der Waals surface area contributed by atoms with Gasteiger partial charge in [-0.25, -0.2) is 4.98 Å². The lowest BCUT2D eigenvalue weighted by atomic mass is 10.1. The number of aryl methyl sites for hydroxylation is 1. The van der Waals surface area contributed by atoms with Gasteiger partial charge in [-0.15, -0.1) is 0 Å². The highest BCUT2D eigenvalue weighted by molar-refractivity contribution is 5.91. The van der Waals surface area contributed by atoms with Crippen LogP contribution < -0.4 is 15.9 Å². The van der Waals surface area contributed by atoms with E-state index >= 15 is 0 Å². The van der Waals surface area contributed by atoms with E-state index in [2.05, 4.69) is 11.9 Å². The Bertz CT molecular complexity index is 1290. The van der Waals surface area contributed by atoms with E-state index in [1.807, 2.05) is 36.4 Å². The summed E-state index contributed by atoms with van der Waals surface area (Å²) in [4.78, 5) is 30.4. The molecule has 0 spiro atoms. The highest BCUT2D eigenvalue weighted by atomic mass is 16.5. The van der Waals surface area contributed by atoms with Crippen molar-refractivity contribution in [2.45, 2.75) is 32.9 Å². The van der Waals surface area contributed by atoms with E-state index in [4.69, 9.17) is 4.74 Å². The number of nitrogens with zero attached hydrogens (tertiary/aromatic N) is 3. The standard InChI is InChI=1S/C23H23N3O3/c1-3-4-11-25-12-9-20-18(22(25)27)14-19-21(24-20)10-13-26(23(19)28)15-16-5-7-17(29-2)8-6-16/h5-10,12-14H,3-4,11,15H2,1-2H3. The summed E-state index contributed by atoms with van der Waals surface area (Å²) >= 11 is 0. The Kier molecular flexibility index (Phi) is 5.16. The van der Waals surface area contributed by atoms with Crippen LogP contribution in [-0.2, 0) is 13.1 Å². The van der Waals surface area contributed by atoms with Crippen LogP contribution >= 0.6 is 0 Å². The molecule has 29 heavy (non-hydrogen) atoms. The molecular formula is C23H23N3O3. The van der Waals surface area contributed by atoms with Crippen LogP contribution in [0.15, 0.2) is 64.4 Å². The molecule has 0 bridgehead atoms. The zero-order chi connectivity index (χ0) is 20.4. The quantitative estimate of drug-likeness (QED) is 0.473. The second kappa shape index (κ2) is 7.91. The maximum absolute atomic E-state index is 13.1. The van der Waals surface area contributed by atoms with Crippen LogP contribution in [0.4, 0.5) is 0 Å². The van der Waals surface area contributed by atoms with Gasteiger partial charge in [-0.2, -0.15) is 0 Å². The van der Waals surface area contributed by atoms with Crippen molar-refractivity contribution in [3.63, 3.8) is 0 Å². The molecule has 6 nitrogen and oxygen atoms in total. The van der Waals surface area contributed by atoms with Crippen molar-refractivity contribution in [3.05, 3.63) is 81.1 Å². The molecule has 148 valence electrons. The Labute approximate surface area is 168 Å². The molecule has 0 atom stereocenters. The summed E-state index contributed by atoms with van der Waals surface area (Å²) < 4.78 is 8.51. The van der Waals surface area contributed by atoms with E-state index in [0.29, 0.717) is 34.9 Å². The first-order valence-electron chi connectivity index (χ1n) is 9.77. The lowest BCUT2D eigenvalue weighted by molar-refractivity contribution is 0.414. The van der Waals surface area contributed by atoms with E-state index < -0.39 is 0 Å². The molecule has 0 aliphatic carbocycles. The fraction of sp³-hybridized carbons (Fsp3) is 0.261. The van der Waals surface area contributed by atoms with Crippen LogP contribution in [0.5, 0.6) is 5.75 Å². The first-order valence-corrected chi connectivity index (χ1v) is 9.77. The van der Waals surface area contributed by atoms with E-state index in [-0.39, 0.29) is 11.1 Å². The van der Waals surface area contributed by atoms with Crippen molar-refractivity contribution in [1.29, 1.82) is 0 Å². The minimum atomic E-state index is -0.156. The number of methoxy groups -OCH3 is 1. The fourth-order valence-corrected chi connectivity index (χ4v) is 3.46. The molecule has 0 saturated heterocycles. The minimum absolute atomic E-state index is 0.102. The number of fused-ring (bicyclic) bond motifs is 2. The van der Waals surface area contributed by atoms with Gasteiger partial charge in [-0.05, 0) is 42.3 Å². The summed E-state index contributed by atoms with van der Waals surface area (Å²) in [6.07, 6.45) is 5.47. The number of pyridine rings is 3. The maximum Gasteiger partial charge on any atom is 0.260 e. The van der Waals surface area contributed by atoms with Crippen molar-refractivity contribution in [1.82, 2.24) is 14.1 Å². The molecule has 0 aliphatic heterocycles. The van der Waals surface area contributed by atoms with Gasteiger partial charge in [0.15, 0.2) is 0 Å². The van der Waals surface area contributed by atoms with Gasteiger partial charge in [-0.1, -0.05) is 25.5 Å². The highest BCUT2D eigenvalue weighted by Gasteiger charge is 2.10. The third-order valence-electron chi connectivity index (χ3n) is 5.15. The largest absolute Gasteiger partial charge is 0.497 e. The van der Waals surface area contributed by atoms with Crippen LogP contribution in [0.25, 0.3) is 21.8 Å². The normalized spacial score (nSPS) is 11.2. The van der Waals surface area contributed by atoms with Crippen molar-refractivity contribution in [2.24, 2.45) is 0 Å². The second-order valence-corrected chi connectivity index (χ2v) is 7.12. The molecule has 0 aliphatic rings. The topological polar surface area (TPSA) is 66.1 Å². The number of benzene rings is 1. The lowest BCUT2D eigenvalue weighted by Gasteiger charge is -2.10. The van der Waals surface area contributed by atoms with E-state index in [1.54, 1.807) is 34.7 Å². The molecule has 0 unspecified atom stereocenters. The molecule has 1 aromatic carbocycles. The summed E-state index contributed by atoms with van der Waals surface area (Å²) in [6.45, 7) is 3.19. The Morgan fingerprint density at radius 2 is 1.52 bits per heavy atom. The zero-order valence-electron chi connectivity index (χ0n) is 16.6. The molecule has 0 fully saturated rings. The molecule has 0 amide bonds. The number of unbranched alkanes of at least 4 members (excludes halogenated alkanes) is 1. The van der Waals surface area contributed by atoms with Gasteiger partial charge in [0, 0.05) is 18.9 Å². The minimum Gasteiger partial charge on any atom is -0.497 e. The van der Waals surface area contributed by atoms with E-state index in [0.717, 1.165) is 24.2 Å². The summed E-state index contributed by atoms with van der Waals surface area (Å²) in [6, 6.07) is 13.0. The third kappa shape index (κ3) is 3.66. The lowest BCUT2D eigenvalue weighted by Crippen LogP contribution is -2.22. The smallest absolute Gasteiger partial charge is 0.260 e. The Morgan fingerprint density at radius 1 is 0.897 bits per heavy atom. The predicted octanol–water partition coefficient (Wildman–Crippen LogP) is 3.57. The number of ether oxygens (including phenoxy) is 1. The summed E-state index contributed by atoms with van der Waals surface area (Å²) in [5.41, 5.74) is 1.94. The number of hydrogen-bond donors (Lipinski definition) is 0.